The fraction of sp³-hybridized carbons (Fsp3) is 0.265. The summed E-state index contributed by atoms with van der Waals surface area (Å²) in [5, 5.41) is 14.1. The van der Waals surface area contributed by atoms with Crippen LogP contribution in [0, 0.1) is 28.6 Å². The van der Waals surface area contributed by atoms with Crippen LogP contribution in [0.1, 0.15) is 25.5 Å². The predicted octanol–water partition coefficient (Wildman–Crippen LogP) is 10.0. The van der Waals surface area contributed by atoms with Crippen LogP contribution < -0.4 is 14.8 Å². The van der Waals surface area contributed by atoms with Crippen molar-refractivity contribution in [3.63, 3.8) is 0 Å². The Kier molecular flexibility index (Phi) is 11.7. The smallest absolute Gasteiger partial charge is 0.412 e. The van der Waals surface area contributed by atoms with Gasteiger partial charge in [0.2, 0.25) is 6.10 Å². The molecule has 1 aliphatic carbocycles. The van der Waals surface area contributed by atoms with Gasteiger partial charge in [-0.3, -0.25) is 4.79 Å². The van der Waals surface area contributed by atoms with E-state index >= 15 is 0 Å². The van der Waals surface area contributed by atoms with Crippen LogP contribution in [0.5, 0.6) is 17.2 Å². The number of rotatable bonds is 7. The van der Waals surface area contributed by atoms with E-state index in [-0.39, 0.29) is 28.0 Å². The lowest BCUT2D eigenvalue weighted by atomic mass is 10.1. The molecule has 1 unspecified atom stereocenters. The number of carbonyl (C=O) groups is 2. The van der Waals surface area contributed by atoms with E-state index in [0.29, 0.717) is 22.8 Å². The maximum atomic E-state index is 12.9. The highest BCUT2D eigenvalue weighted by atomic mass is 80.0. The normalized spacial score (nSPS) is 17.8. The molecule has 45 heavy (non-hydrogen) atoms. The van der Waals surface area contributed by atoms with Crippen molar-refractivity contribution in [2.45, 2.75) is 26.9 Å². The molecule has 0 aromatic heterocycles. The van der Waals surface area contributed by atoms with Gasteiger partial charge >= 0.3 is 12.1 Å². The summed E-state index contributed by atoms with van der Waals surface area (Å²) in [5.74, 6) is 1.15. The Morgan fingerprint density at radius 1 is 0.911 bits per heavy atom. The summed E-state index contributed by atoms with van der Waals surface area (Å²) >= 11 is 14.2. The van der Waals surface area contributed by atoms with Gasteiger partial charge in [-0.05, 0) is 47.1 Å². The highest BCUT2D eigenvalue weighted by Crippen LogP contribution is 2.66. The third kappa shape index (κ3) is 8.88. The number of ether oxygens (including phenoxy) is 3. The average molecular weight is 866 g/mol. The van der Waals surface area contributed by atoms with Gasteiger partial charge in [0.05, 0.1) is 10.7 Å². The van der Waals surface area contributed by atoms with Gasteiger partial charge in [-0.15, -0.1) is 0 Å². The topological polar surface area (TPSA) is 97.7 Å². The Morgan fingerprint density at radius 2 is 1.53 bits per heavy atom. The molecule has 0 bridgehead atoms. The minimum Gasteiger partial charge on any atom is -0.457 e. The lowest BCUT2D eigenvalue weighted by molar-refractivity contribution is -0.149. The van der Waals surface area contributed by atoms with E-state index < -0.39 is 14.3 Å². The van der Waals surface area contributed by atoms with Crippen LogP contribution in [-0.4, -0.2) is 26.1 Å². The Bertz CT molecular complexity index is 1680. The van der Waals surface area contributed by atoms with E-state index in [1.807, 2.05) is 80.6 Å². The first kappa shape index (κ1) is 35.0. The van der Waals surface area contributed by atoms with Gasteiger partial charge in [-0.1, -0.05) is 144 Å². The second-order valence-electron chi connectivity index (χ2n) is 10.8. The van der Waals surface area contributed by atoms with E-state index in [0.717, 1.165) is 10.8 Å². The largest absolute Gasteiger partial charge is 0.457 e. The summed E-state index contributed by atoms with van der Waals surface area (Å²) in [6.45, 7) is 4.04. The highest BCUT2D eigenvalue weighted by molar-refractivity contribution is 9.40. The Morgan fingerprint density at radius 3 is 2.20 bits per heavy atom. The molecule has 11 heteroatoms. The SMILES string of the molecule is CC1(C)[C@H](C(=O)O[C@H](C#N)c2cccc(Oc3ccccc3)c2)[C@@H]1C(Br)C(Br)(Br)Br.CNC(=O)Oc1cccc2ccccc12. The molecule has 1 N–H and O–H groups in total. The van der Waals surface area contributed by atoms with E-state index in [9.17, 15) is 14.9 Å². The molecule has 234 valence electrons. The molecule has 1 saturated carbocycles. The Balaban J connectivity index is 0.000000256. The summed E-state index contributed by atoms with van der Waals surface area (Å²) in [6.07, 6.45) is -1.46. The van der Waals surface area contributed by atoms with Crippen molar-refractivity contribution in [3.05, 3.63) is 103 Å². The van der Waals surface area contributed by atoms with Crippen molar-refractivity contribution in [1.29, 1.82) is 5.26 Å². The molecule has 5 rings (SSSR count). The zero-order valence-corrected chi connectivity index (χ0v) is 30.9. The van der Waals surface area contributed by atoms with Gasteiger partial charge in [-0.2, -0.15) is 5.26 Å². The van der Waals surface area contributed by atoms with Crippen LogP contribution in [0.2, 0.25) is 0 Å². The molecule has 4 aromatic rings. The van der Waals surface area contributed by atoms with Crippen molar-refractivity contribution in [3.8, 4) is 23.3 Å². The molecule has 4 aromatic carbocycles. The lowest BCUT2D eigenvalue weighted by Gasteiger charge is -2.21. The van der Waals surface area contributed by atoms with E-state index in [2.05, 4.69) is 75.1 Å². The van der Waals surface area contributed by atoms with Crippen molar-refractivity contribution in [2.24, 2.45) is 17.3 Å². The summed E-state index contributed by atoms with van der Waals surface area (Å²) in [6, 6.07) is 31.9. The second-order valence-corrected chi connectivity index (χ2v) is 18.8. The minimum atomic E-state index is -1.01. The van der Waals surface area contributed by atoms with Gasteiger partial charge in [0, 0.05) is 18.0 Å². The molecular formula is C34H30Br4N2O5. The third-order valence-corrected chi connectivity index (χ3v) is 12.0. The number of carbonyl (C=O) groups excluding carboxylic acids is 2. The maximum absolute atomic E-state index is 12.9. The van der Waals surface area contributed by atoms with Crippen LogP contribution in [0.4, 0.5) is 4.79 Å². The Hall–Kier alpha value is -2.91. The van der Waals surface area contributed by atoms with Gasteiger partial charge in [0.15, 0.2) is 0 Å². The zero-order valence-electron chi connectivity index (χ0n) is 24.5. The third-order valence-electron chi connectivity index (χ3n) is 7.44. The molecule has 1 amide bonds. The summed E-state index contributed by atoms with van der Waals surface area (Å²) in [4.78, 5) is 23.9. The predicted molar refractivity (Wildman–Crippen MR) is 189 cm³/mol. The van der Waals surface area contributed by atoms with Crippen LogP contribution in [0.15, 0.2) is 97.1 Å². The molecule has 7 nitrogen and oxygen atoms in total. The zero-order chi connectivity index (χ0) is 32.8. The van der Waals surface area contributed by atoms with Gasteiger partial charge < -0.3 is 19.5 Å². The van der Waals surface area contributed by atoms with Gasteiger partial charge in [-0.25, -0.2) is 4.79 Å². The fourth-order valence-electron chi connectivity index (χ4n) is 5.04. The minimum absolute atomic E-state index is 0.0233. The van der Waals surface area contributed by atoms with Crippen LogP contribution >= 0.6 is 63.7 Å². The van der Waals surface area contributed by atoms with E-state index in [1.54, 1.807) is 30.3 Å². The molecular weight excluding hydrogens is 836 g/mol. The monoisotopic (exact) mass is 862 g/mol. The fourth-order valence-corrected chi connectivity index (χ4v) is 6.88. The standard InChI is InChI=1S/C22H19Br4NO3.C12H11NO2/c1-21(2)17(19(23)22(24,25)26)18(21)20(28)30-16(12-27)13-7-6-10-15(11-13)29-14-8-4-3-5-9-14;1-13-12(14)15-11-8-4-6-9-5-2-3-7-10(9)11/h3-11,16-19H,1-2H3;2-8H,1H3,(H,13,14)/t16-,17-,18+,19?;/m1./s1. The number of fused-ring (bicyclic) bond motifs is 1. The first-order valence-electron chi connectivity index (χ1n) is 13.9. The van der Waals surface area contributed by atoms with Crippen molar-refractivity contribution < 1.29 is 23.8 Å². The summed E-state index contributed by atoms with van der Waals surface area (Å²) in [5.41, 5.74) is 0.310. The van der Waals surface area contributed by atoms with Crippen LogP contribution in [-0.2, 0) is 9.53 Å². The highest BCUT2D eigenvalue weighted by Gasteiger charge is 2.67. The number of para-hydroxylation sites is 1. The lowest BCUT2D eigenvalue weighted by Crippen LogP contribution is -2.23. The number of benzene rings is 4. The van der Waals surface area contributed by atoms with Crippen molar-refractivity contribution in [1.82, 2.24) is 5.32 Å². The summed E-state index contributed by atoms with van der Waals surface area (Å²) < 4.78 is 16.0. The number of hydrogen-bond donors (Lipinski definition) is 1. The number of nitrogens with one attached hydrogen (secondary N) is 1. The average Bonchev–Trinajstić information content (AvgIpc) is 3.61. The maximum Gasteiger partial charge on any atom is 0.412 e. The molecule has 0 spiro atoms. The Labute approximate surface area is 296 Å². The molecule has 0 aliphatic heterocycles. The summed E-state index contributed by atoms with van der Waals surface area (Å²) in [7, 11) is 1.54. The van der Waals surface area contributed by atoms with Crippen LogP contribution in [0.3, 0.4) is 0 Å². The number of amides is 1. The molecule has 1 aliphatic rings. The molecule has 1 fully saturated rings. The molecule has 0 heterocycles. The van der Waals surface area contributed by atoms with Crippen molar-refractivity contribution in [2.75, 3.05) is 7.05 Å². The van der Waals surface area contributed by atoms with Crippen LogP contribution in [0.25, 0.3) is 10.8 Å². The quantitative estimate of drug-likeness (QED) is 0.147. The molecule has 0 radical (unpaired) electrons. The number of nitrogens with zero attached hydrogens (tertiary/aromatic N) is 1. The van der Waals surface area contributed by atoms with E-state index in [1.165, 1.54) is 7.05 Å². The number of halogens is 4. The first-order valence-corrected chi connectivity index (χ1v) is 17.2. The number of esters is 1. The number of alkyl halides is 4. The molecule has 4 atom stereocenters. The van der Waals surface area contributed by atoms with Crippen molar-refractivity contribution >= 4 is 86.6 Å². The van der Waals surface area contributed by atoms with E-state index in [4.69, 9.17) is 14.2 Å². The first-order chi connectivity index (χ1) is 21.4. The number of hydrogen-bond acceptors (Lipinski definition) is 6. The second kappa shape index (κ2) is 15.1. The molecule has 0 saturated heterocycles. The van der Waals surface area contributed by atoms with Gasteiger partial charge in [0.25, 0.3) is 0 Å². The number of nitriles is 1. The van der Waals surface area contributed by atoms with Gasteiger partial charge in [0.1, 0.15) is 25.5 Å².